The van der Waals surface area contributed by atoms with Crippen LogP contribution in [-0.2, 0) is 0 Å². The number of nitrogens with zero attached hydrogens (tertiary/aromatic N) is 1. The molecule has 1 amide bonds. The van der Waals surface area contributed by atoms with Crippen molar-refractivity contribution in [3.63, 3.8) is 0 Å². The largest absolute Gasteiger partial charge is 0.489 e. The van der Waals surface area contributed by atoms with Crippen LogP contribution >= 0.6 is 0 Å². The number of hydrogen-bond donors (Lipinski definition) is 1. The fourth-order valence-electron chi connectivity index (χ4n) is 2.99. The molecule has 2 rings (SSSR count). The number of rotatable bonds is 6. The van der Waals surface area contributed by atoms with Gasteiger partial charge in [-0.25, -0.2) is 0 Å². The van der Waals surface area contributed by atoms with Crippen LogP contribution in [0.25, 0.3) is 0 Å². The molecule has 116 valence electrons. The fraction of sp³-hybridized carbons (Fsp3) is 0.588. The van der Waals surface area contributed by atoms with Gasteiger partial charge < -0.3 is 15.4 Å². The van der Waals surface area contributed by atoms with Crippen molar-refractivity contribution < 1.29 is 9.53 Å². The number of primary amides is 1. The Kier molecular flexibility index (Phi) is 5.62. The van der Waals surface area contributed by atoms with Crippen molar-refractivity contribution in [3.05, 3.63) is 29.8 Å². The zero-order valence-electron chi connectivity index (χ0n) is 13.0. The van der Waals surface area contributed by atoms with Gasteiger partial charge in [0.25, 0.3) is 5.91 Å². The van der Waals surface area contributed by atoms with Gasteiger partial charge in [0.1, 0.15) is 11.9 Å². The predicted molar refractivity (Wildman–Crippen MR) is 84.6 cm³/mol. The highest BCUT2D eigenvalue weighted by atomic mass is 16.5. The Morgan fingerprint density at radius 3 is 2.67 bits per heavy atom. The van der Waals surface area contributed by atoms with E-state index < -0.39 is 5.91 Å². The van der Waals surface area contributed by atoms with Gasteiger partial charge in [0, 0.05) is 19.1 Å². The first-order valence-corrected chi connectivity index (χ1v) is 7.91. The topological polar surface area (TPSA) is 55.6 Å². The molecule has 1 fully saturated rings. The third-order valence-electron chi connectivity index (χ3n) is 4.25. The van der Waals surface area contributed by atoms with Gasteiger partial charge in [-0.1, -0.05) is 25.5 Å². The summed E-state index contributed by atoms with van der Waals surface area (Å²) < 4.78 is 6.01. The van der Waals surface area contributed by atoms with Gasteiger partial charge in [-0.05, 0) is 38.3 Å². The van der Waals surface area contributed by atoms with E-state index in [1.54, 1.807) is 6.07 Å². The molecule has 4 nitrogen and oxygen atoms in total. The maximum absolute atomic E-state index is 11.4. The van der Waals surface area contributed by atoms with E-state index in [9.17, 15) is 4.79 Å². The maximum Gasteiger partial charge on any atom is 0.252 e. The monoisotopic (exact) mass is 290 g/mol. The molecule has 0 saturated carbocycles. The van der Waals surface area contributed by atoms with Gasteiger partial charge in [-0.2, -0.15) is 0 Å². The highest BCUT2D eigenvalue weighted by molar-refractivity contribution is 5.95. The molecule has 0 aromatic heterocycles. The molecule has 0 spiro atoms. The Morgan fingerprint density at radius 1 is 1.38 bits per heavy atom. The Balaban J connectivity index is 1.91. The molecule has 0 radical (unpaired) electrons. The SMILES string of the molecule is CCCC(C)N1CCC(Oc2ccccc2C(N)=O)CC1. The van der Waals surface area contributed by atoms with Gasteiger partial charge in [-0.3, -0.25) is 4.79 Å². The minimum absolute atomic E-state index is 0.176. The summed E-state index contributed by atoms with van der Waals surface area (Å²) >= 11 is 0. The lowest BCUT2D eigenvalue weighted by atomic mass is 10.0. The Hall–Kier alpha value is -1.55. The Bertz CT molecular complexity index is 468. The number of hydrogen-bond acceptors (Lipinski definition) is 3. The molecule has 1 atom stereocenters. The molecule has 0 bridgehead atoms. The first-order valence-electron chi connectivity index (χ1n) is 7.91. The standard InChI is InChI=1S/C17H26N2O2/c1-3-6-13(2)19-11-9-14(10-12-19)21-16-8-5-4-7-15(16)17(18)20/h4-5,7-8,13-14H,3,6,9-12H2,1-2H3,(H2,18,20). The van der Waals surface area contributed by atoms with Gasteiger partial charge in [0.05, 0.1) is 5.56 Å². The van der Waals surface area contributed by atoms with Crippen LogP contribution in [-0.4, -0.2) is 36.0 Å². The highest BCUT2D eigenvalue weighted by Gasteiger charge is 2.24. The van der Waals surface area contributed by atoms with E-state index in [0.717, 1.165) is 25.9 Å². The van der Waals surface area contributed by atoms with Crippen LogP contribution < -0.4 is 10.5 Å². The Labute approximate surface area is 127 Å². The molecule has 1 aliphatic heterocycles. The van der Waals surface area contributed by atoms with Crippen LogP contribution in [0.15, 0.2) is 24.3 Å². The van der Waals surface area contributed by atoms with Crippen molar-refractivity contribution in [2.75, 3.05) is 13.1 Å². The molecule has 21 heavy (non-hydrogen) atoms. The van der Waals surface area contributed by atoms with E-state index >= 15 is 0 Å². The van der Waals surface area contributed by atoms with Crippen molar-refractivity contribution >= 4 is 5.91 Å². The predicted octanol–water partition coefficient (Wildman–Crippen LogP) is 2.82. The van der Waals surface area contributed by atoms with Crippen LogP contribution in [0.3, 0.4) is 0 Å². The van der Waals surface area contributed by atoms with Crippen LogP contribution in [0.1, 0.15) is 49.9 Å². The van der Waals surface area contributed by atoms with E-state index in [1.807, 2.05) is 18.2 Å². The summed E-state index contributed by atoms with van der Waals surface area (Å²) in [5, 5.41) is 0. The number of ether oxygens (including phenoxy) is 1. The zero-order chi connectivity index (χ0) is 15.2. The average Bonchev–Trinajstić information content (AvgIpc) is 2.48. The molecular formula is C17H26N2O2. The minimum Gasteiger partial charge on any atom is -0.489 e. The third kappa shape index (κ3) is 4.21. The quantitative estimate of drug-likeness (QED) is 0.876. The van der Waals surface area contributed by atoms with Crippen molar-refractivity contribution in [2.45, 2.75) is 51.7 Å². The number of likely N-dealkylation sites (tertiary alicyclic amines) is 1. The van der Waals surface area contributed by atoms with Crippen LogP contribution in [0.4, 0.5) is 0 Å². The fourth-order valence-corrected chi connectivity index (χ4v) is 2.99. The second-order valence-electron chi connectivity index (χ2n) is 5.85. The Morgan fingerprint density at radius 2 is 2.05 bits per heavy atom. The minimum atomic E-state index is -0.431. The molecule has 1 heterocycles. The number of carbonyl (C=O) groups is 1. The molecule has 4 heteroatoms. The number of nitrogens with two attached hydrogens (primary N) is 1. The number of carbonyl (C=O) groups excluding carboxylic acids is 1. The van der Waals surface area contributed by atoms with E-state index in [4.69, 9.17) is 10.5 Å². The first-order chi connectivity index (χ1) is 10.1. The number of piperidine rings is 1. The van der Waals surface area contributed by atoms with Gasteiger partial charge in [0.15, 0.2) is 0 Å². The molecule has 1 saturated heterocycles. The number of benzene rings is 1. The molecule has 1 aromatic rings. The molecule has 1 aromatic carbocycles. The average molecular weight is 290 g/mol. The van der Waals surface area contributed by atoms with E-state index in [1.165, 1.54) is 12.8 Å². The number of amides is 1. The molecule has 2 N–H and O–H groups in total. The second-order valence-corrected chi connectivity index (χ2v) is 5.85. The van der Waals surface area contributed by atoms with Crippen molar-refractivity contribution in [3.8, 4) is 5.75 Å². The highest BCUT2D eigenvalue weighted by Crippen LogP contribution is 2.24. The molecular weight excluding hydrogens is 264 g/mol. The van der Waals surface area contributed by atoms with E-state index in [-0.39, 0.29) is 6.10 Å². The smallest absolute Gasteiger partial charge is 0.252 e. The van der Waals surface area contributed by atoms with Gasteiger partial charge >= 0.3 is 0 Å². The summed E-state index contributed by atoms with van der Waals surface area (Å²) in [7, 11) is 0. The first kappa shape index (κ1) is 15.8. The molecule has 1 unspecified atom stereocenters. The lowest BCUT2D eigenvalue weighted by Gasteiger charge is -2.36. The zero-order valence-corrected chi connectivity index (χ0v) is 13.0. The van der Waals surface area contributed by atoms with E-state index in [2.05, 4.69) is 18.7 Å². The second kappa shape index (κ2) is 7.46. The van der Waals surface area contributed by atoms with Crippen molar-refractivity contribution in [1.82, 2.24) is 4.90 Å². The summed E-state index contributed by atoms with van der Waals surface area (Å²) in [6.45, 7) is 6.65. The maximum atomic E-state index is 11.4. The lowest BCUT2D eigenvalue weighted by molar-refractivity contribution is 0.0759. The van der Waals surface area contributed by atoms with Crippen molar-refractivity contribution in [2.24, 2.45) is 5.73 Å². The summed E-state index contributed by atoms with van der Waals surface area (Å²) in [4.78, 5) is 13.9. The van der Waals surface area contributed by atoms with Crippen molar-refractivity contribution in [1.29, 1.82) is 0 Å². The number of para-hydroxylation sites is 1. The molecule has 1 aliphatic rings. The third-order valence-corrected chi connectivity index (χ3v) is 4.25. The van der Waals surface area contributed by atoms with Crippen LogP contribution in [0, 0.1) is 0 Å². The summed E-state index contributed by atoms with van der Waals surface area (Å²) in [5.41, 5.74) is 5.86. The molecule has 0 aliphatic carbocycles. The normalized spacial score (nSPS) is 18.4. The van der Waals surface area contributed by atoms with Crippen LogP contribution in [0.5, 0.6) is 5.75 Å². The summed E-state index contributed by atoms with van der Waals surface area (Å²) in [6.07, 6.45) is 4.65. The summed E-state index contributed by atoms with van der Waals surface area (Å²) in [5.74, 6) is 0.185. The van der Waals surface area contributed by atoms with Gasteiger partial charge in [-0.15, -0.1) is 0 Å². The lowest BCUT2D eigenvalue weighted by Crippen LogP contribution is -2.43. The van der Waals surface area contributed by atoms with Crippen LogP contribution in [0.2, 0.25) is 0 Å². The summed E-state index contributed by atoms with van der Waals surface area (Å²) in [6, 6.07) is 7.87. The van der Waals surface area contributed by atoms with E-state index in [0.29, 0.717) is 17.4 Å². The van der Waals surface area contributed by atoms with Gasteiger partial charge in [0.2, 0.25) is 0 Å².